The molecule has 1 aromatic heterocycles. The minimum atomic E-state index is 0.476. The van der Waals surface area contributed by atoms with Gasteiger partial charge in [0, 0.05) is 17.8 Å². The van der Waals surface area contributed by atoms with Crippen molar-refractivity contribution in [2.45, 2.75) is 39.2 Å². The summed E-state index contributed by atoms with van der Waals surface area (Å²) in [6, 6.07) is 11.2. The van der Waals surface area contributed by atoms with Gasteiger partial charge in [0.2, 0.25) is 0 Å². The van der Waals surface area contributed by atoms with E-state index in [0.717, 1.165) is 30.2 Å². The highest BCUT2D eigenvalue weighted by Gasteiger charge is 2.18. The van der Waals surface area contributed by atoms with Gasteiger partial charge in [0.15, 0.2) is 0 Å². The molecule has 0 amide bonds. The number of hydrogen-bond acceptors (Lipinski definition) is 3. The maximum Gasteiger partial charge on any atom is 0.130 e. The Morgan fingerprint density at radius 3 is 2.68 bits per heavy atom. The van der Waals surface area contributed by atoms with Gasteiger partial charge in [0.25, 0.3) is 0 Å². The second-order valence-corrected chi connectivity index (χ2v) is 5.29. The van der Waals surface area contributed by atoms with E-state index < -0.39 is 0 Å². The van der Waals surface area contributed by atoms with Crippen LogP contribution in [0.4, 0.5) is 5.82 Å². The third-order valence-corrected chi connectivity index (χ3v) is 3.66. The van der Waals surface area contributed by atoms with E-state index in [-0.39, 0.29) is 0 Å². The molecule has 0 bridgehead atoms. The Hall–Kier alpha value is -1.90. The van der Waals surface area contributed by atoms with Crippen molar-refractivity contribution in [2.75, 3.05) is 5.32 Å². The SMILES string of the molecule is Cc1cc(NC2CCc3ccccc3C2)nc(C)n1. The van der Waals surface area contributed by atoms with E-state index >= 15 is 0 Å². The molecule has 1 N–H and O–H groups in total. The van der Waals surface area contributed by atoms with Gasteiger partial charge in [0.05, 0.1) is 0 Å². The number of hydrogen-bond donors (Lipinski definition) is 1. The normalized spacial score (nSPS) is 17.9. The quantitative estimate of drug-likeness (QED) is 0.894. The lowest BCUT2D eigenvalue weighted by Gasteiger charge is -2.26. The van der Waals surface area contributed by atoms with Crippen molar-refractivity contribution >= 4 is 5.82 Å². The Kier molecular flexibility index (Phi) is 3.20. The van der Waals surface area contributed by atoms with E-state index in [9.17, 15) is 0 Å². The Morgan fingerprint density at radius 2 is 1.89 bits per heavy atom. The fourth-order valence-electron chi connectivity index (χ4n) is 2.82. The fraction of sp³-hybridized carbons (Fsp3) is 0.375. The van der Waals surface area contributed by atoms with E-state index in [1.165, 1.54) is 17.5 Å². The second-order valence-electron chi connectivity index (χ2n) is 5.29. The van der Waals surface area contributed by atoms with Crippen LogP contribution < -0.4 is 5.32 Å². The Balaban J connectivity index is 1.75. The first-order valence-electron chi connectivity index (χ1n) is 6.86. The number of aromatic nitrogens is 2. The van der Waals surface area contributed by atoms with Gasteiger partial charge in [-0.1, -0.05) is 24.3 Å². The summed E-state index contributed by atoms with van der Waals surface area (Å²) < 4.78 is 0. The van der Waals surface area contributed by atoms with Crippen molar-refractivity contribution in [1.82, 2.24) is 9.97 Å². The van der Waals surface area contributed by atoms with E-state index in [4.69, 9.17) is 0 Å². The van der Waals surface area contributed by atoms with Crippen LogP contribution in [0.5, 0.6) is 0 Å². The molecule has 0 saturated carbocycles. The van der Waals surface area contributed by atoms with E-state index in [0.29, 0.717) is 6.04 Å². The molecule has 1 atom stereocenters. The minimum Gasteiger partial charge on any atom is -0.367 e. The molecule has 0 saturated heterocycles. The molecular formula is C16H19N3. The number of anilines is 1. The van der Waals surface area contributed by atoms with Gasteiger partial charge in [-0.15, -0.1) is 0 Å². The first-order valence-corrected chi connectivity index (χ1v) is 6.86. The number of benzene rings is 1. The van der Waals surface area contributed by atoms with Crippen molar-refractivity contribution in [3.63, 3.8) is 0 Å². The van der Waals surface area contributed by atoms with Crippen LogP contribution in [-0.2, 0) is 12.8 Å². The van der Waals surface area contributed by atoms with Gasteiger partial charge in [-0.05, 0) is 44.2 Å². The zero-order valence-electron chi connectivity index (χ0n) is 11.5. The largest absolute Gasteiger partial charge is 0.367 e. The molecule has 1 aliphatic rings. The Bertz CT molecular complexity index is 572. The van der Waals surface area contributed by atoms with Gasteiger partial charge < -0.3 is 5.32 Å². The highest BCUT2D eigenvalue weighted by Crippen LogP contribution is 2.23. The van der Waals surface area contributed by atoms with Crippen molar-refractivity contribution in [3.8, 4) is 0 Å². The lowest BCUT2D eigenvalue weighted by atomic mass is 9.88. The lowest BCUT2D eigenvalue weighted by molar-refractivity contribution is 0.608. The van der Waals surface area contributed by atoms with Crippen LogP contribution >= 0.6 is 0 Å². The summed E-state index contributed by atoms with van der Waals surface area (Å²) in [6.45, 7) is 3.95. The second kappa shape index (κ2) is 5.00. The average Bonchev–Trinajstić information content (AvgIpc) is 2.37. The molecule has 19 heavy (non-hydrogen) atoms. The topological polar surface area (TPSA) is 37.8 Å². The third kappa shape index (κ3) is 2.75. The number of nitrogens with one attached hydrogen (secondary N) is 1. The summed E-state index contributed by atoms with van der Waals surface area (Å²) in [5, 5.41) is 3.55. The van der Waals surface area contributed by atoms with Crippen LogP contribution in [-0.4, -0.2) is 16.0 Å². The number of nitrogens with zero attached hydrogens (tertiary/aromatic N) is 2. The highest BCUT2D eigenvalue weighted by molar-refractivity contribution is 5.39. The van der Waals surface area contributed by atoms with Crippen LogP contribution in [0, 0.1) is 13.8 Å². The number of aryl methyl sites for hydroxylation is 3. The third-order valence-electron chi connectivity index (χ3n) is 3.66. The van der Waals surface area contributed by atoms with Crippen LogP contribution in [0.25, 0.3) is 0 Å². The molecular weight excluding hydrogens is 234 g/mol. The molecule has 1 aliphatic carbocycles. The lowest BCUT2D eigenvalue weighted by Crippen LogP contribution is -2.27. The molecule has 0 spiro atoms. The summed E-state index contributed by atoms with van der Waals surface area (Å²) in [7, 11) is 0. The zero-order chi connectivity index (χ0) is 13.2. The number of rotatable bonds is 2. The zero-order valence-corrected chi connectivity index (χ0v) is 11.5. The number of fused-ring (bicyclic) bond motifs is 1. The average molecular weight is 253 g/mol. The van der Waals surface area contributed by atoms with E-state index in [1.54, 1.807) is 0 Å². The smallest absolute Gasteiger partial charge is 0.130 e. The van der Waals surface area contributed by atoms with Crippen molar-refractivity contribution in [3.05, 3.63) is 53.0 Å². The first kappa shape index (κ1) is 12.2. The maximum atomic E-state index is 4.46. The standard InChI is InChI=1S/C16H19N3/c1-11-9-16(18-12(2)17-11)19-15-8-7-13-5-3-4-6-14(13)10-15/h3-6,9,15H,7-8,10H2,1-2H3,(H,17,18,19). The van der Waals surface area contributed by atoms with Gasteiger partial charge in [-0.2, -0.15) is 0 Å². The first-order chi connectivity index (χ1) is 9.20. The van der Waals surface area contributed by atoms with Crippen LogP contribution in [0.3, 0.4) is 0 Å². The molecule has 1 heterocycles. The molecule has 0 radical (unpaired) electrons. The molecule has 3 nitrogen and oxygen atoms in total. The van der Waals surface area contributed by atoms with Crippen molar-refractivity contribution < 1.29 is 0 Å². The molecule has 1 aromatic carbocycles. The summed E-state index contributed by atoms with van der Waals surface area (Å²) in [4.78, 5) is 8.77. The van der Waals surface area contributed by atoms with Gasteiger partial charge in [-0.25, -0.2) is 9.97 Å². The predicted molar refractivity (Wildman–Crippen MR) is 77.4 cm³/mol. The molecule has 3 rings (SSSR count). The van der Waals surface area contributed by atoms with Gasteiger partial charge in [-0.3, -0.25) is 0 Å². The van der Waals surface area contributed by atoms with Crippen molar-refractivity contribution in [2.24, 2.45) is 0 Å². The summed E-state index contributed by atoms with van der Waals surface area (Å²) >= 11 is 0. The Morgan fingerprint density at radius 1 is 1.11 bits per heavy atom. The molecule has 2 aromatic rings. The van der Waals surface area contributed by atoms with Crippen molar-refractivity contribution in [1.29, 1.82) is 0 Å². The molecule has 3 heteroatoms. The van der Waals surface area contributed by atoms with E-state index in [1.807, 2.05) is 19.9 Å². The predicted octanol–water partition coefficient (Wildman–Crippen LogP) is 3.06. The molecule has 0 fully saturated rings. The summed E-state index contributed by atoms with van der Waals surface area (Å²) in [6.07, 6.45) is 3.40. The summed E-state index contributed by atoms with van der Waals surface area (Å²) in [5.41, 5.74) is 3.98. The van der Waals surface area contributed by atoms with Crippen LogP contribution in [0.2, 0.25) is 0 Å². The molecule has 98 valence electrons. The maximum absolute atomic E-state index is 4.46. The summed E-state index contributed by atoms with van der Waals surface area (Å²) in [5.74, 6) is 1.79. The monoisotopic (exact) mass is 253 g/mol. The van der Waals surface area contributed by atoms with Gasteiger partial charge in [0.1, 0.15) is 11.6 Å². The van der Waals surface area contributed by atoms with Gasteiger partial charge >= 0.3 is 0 Å². The highest BCUT2D eigenvalue weighted by atomic mass is 15.0. The Labute approximate surface area is 114 Å². The van der Waals surface area contributed by atoms with E-state index in [2.05, 4.69) is 39.6 Å². The van der Waals surface area contributed by atoms with Crippen LogP contribution in [0.1, 0.15) is 29.1 Å². The molecule has 1 unspecified atom stereocenters. The molecule has 0 aliphatic heterocycles. The fourth-order valence-corrected chi connectivity index (χ4v) is 2.82. The minimum absolute atomic E-state index is 0.476. The van der Waals surface area contributed by atoms with Crippen LogP contribution in [0.15, 0.2) is 30.3 Å².